The summed E-state index contributed by atoms with van der Waals surface area (Å²) in [6.07, 6.45) is 6.00. The van der Waals surface area contributed by atoms with Crippen LogP contribution in [-0.2, 0) is 0 Å². The quantitative estimate of drug-likeness (QED) is 0.732. The van der Waals surface area contributed by atoms with Crippen LogP contribution < -0.4 is 5.32 Å². The summed E-state index contributed by atoms with van der Waals surface area (Å²) in [5.41, 5.74) is 2.06. The highest BCUT2D eigenvalue weighted by molar-refractivity contribution is 5.15. The van der Waals surface area contributed by atoms with Gasteiger partial charge in [0.05, 0.1) is 11.7 Å². The van der Waals surface area contributed by atoms with Crippen molar-refractivity contribution in [1.29, 1.82) is 0 Å². The summed E-state index contributed by atoms with van der Waals surface area (Å²) in [4.78, 5) is 4.45. The maximum Gasteiger partial charge on any atom is 0.0605 e. The first-order valence-corrected chi connectivity index (χ1v) is 4.88. The molecule has 1 aromatic heterocycles. The van der Waals surface area contributed by atoms with Gasteiger partial charge in [0.2, 0.25) is 0 Å². The summed E-state index contributed by atoms with van der Waals surface area (Å²) in [5, 5.41) is 3.32. The molecule has 0 bridgehead atoms. The number of hydrogen-bond acceptors (Lipinski definition) is 2. The molecule has 0 fully saturated rings. The van der Waals surface area contributed by atoms with E-state index in [1.807, 2.05) is 25.1 Å². The topological polar surface area (TPSA) is 24.9 Å². The van der Waals surface area contributed by atoms with Crippen molar-refractivity contribution in [1.82, 2.24) is 10.3 Å². The molecule has 0 spiro atoms. The number of aryl methyl sites for hydroxylation is 1. The highest BCUT2D eigenvalue weighted by Crippen LogP contribution is 2.13. The van der Waals surface area contributed by atoms with Crippen molar-refractivity contribution >= 4 is 0 Å². The minimum absolute atomic E-state index is 0.185. The zero-order valence-corrected chi connectivity index (χ0v) is 8.75. The van der Waals surface area contributed by atoms with Gasteiger partial charge in [0.15, 0.2) is 0 Å². The normalized spacial score (nSPS) is 12.1. The fraction of sp³-hybridized carbons (Fsp3) is 0.417. The van der Waals surface area contributed by atoms with Crippen molar-refractivity contribution in [2.45, 2.75) is 26.3 Å². The van der Waals surface area contributed by atoms with E-state index in [0.29, 0.717) is 6.42 Å². The van der Waals surface area contributed by atoms with E-state index in [9.17, 15) is 0 Å². The van der Waals surface area contributed by atoms with Crippen molar-refractivity contribution in [2.75, 3.05) is 6.54 Å². The lowest BCUT2D eigenvalue weighted by atomic mass is 10.1. The Kier molecular flexibility index (Phi) is 4.15. The van der Waals surface area contributed by atoms with Crippen LogP contribution in [0, 0.1) is 19.3 Å². The van der Waals surface area contributed by atoms with E-state index in [0.717, 1.165) is 17.9 Å². The fourth-order valence-corrected chi connectivity index (χ4v) is 1.40. The van der Waals surface area contributed by atoms with Gasteiger partial charge < -0.3 is 5.32 Å². The number of nitrogens with zero attached hydrogens (tertiary/aromatic N) is 1. The number of nitrogens with one attached hydrogen (secondary N) is 1. The molecule has 0 radical (unpaired) electrons. The van der Waals surface area contributed by atoms with Crippen molar-refractivity contribution in [3.05, 3.63) is 29.6 Å². The summed E-state index contributed by atoms with van der Waals surface area (Å²) in [5.74, 6) is 2.67. The summed E-state index contributed by atoms with van der Waals surface area (Å²) in [6, 6.07) is 6.20. The summed E-state index contributed by atoms with van der Waals surface area (Å²) >= 11 is 0. The lowest BCUT2D eigenvalue weighted by Crippen LogP contribution is -2.21. The SMILES string of the molecule is C#CCC(NCC)c1cccc(C)n1. The van der Waals surface area contributed by atoms with E-state index in [-0.39, 0.29) is 6.04 Å². The molecule has 0 saturated heterocycles. The zero-order chi connectivity index (χ0) is 10.4. The smallest absolute Gasteiger partial charge is 0.0605 e. The lowest BCUT2D eigenvalue weighted by molar-refractivity contribution is 0.550. The Morgan fingerprint density at radius 3 is 2.93 bits per heavy atom. The van der Waals surface area contributed by atoms with E-state index >= 15 is 0 Å². The van der Waals surface area contributed by atoms with Crippen molar-refractivity contribution in [3.63, 3.8) is 0 Å². The van der Waals surface area contributed by atoms with Gasteiger partial charge in [-0.3, -0.25) is 4.98 Å². The number of aromatic nitrogens is 1. The van der Waals surface area contributed by atoms with Gasteiger partial charge in [0, 0.05) is 12.1 Å². The molecule has 0 saturated carbocycles. The Labute approximate surface area is 85.8 Å². The Bertz CT molecular complexity index is 325. The lowest BCUT2D eigenvalue weighted by Gasteiger charge is -2.14. The Balaban J connectivity index is 2.82. The van der Waals surface area contributed by atoms with E-state index < -0.39 is 0 Å². The van der Waals surface area contributed by atoms with E-state index in [4.69, 9.17) is 6.42 Å². The summed E-state index contributed by atoms with van der Waals surface area (Å²) in [7, 11) is 0. The van der Waals surface area contributed by atoms with Crippen LogP contribution in [0.2, 0.25) is 0 Å². The molecule has 2 heteroatoms. The van der Waals surface area contributed by atoms with Gasteiger partial charge in [-0.2, -0.15) is 0 Å². The second-order valence-corrected chi connectivity index (χ2v) is 3.22. The monoisotopic (exact) mass is 188 g/mol. The van der Waals surface area contributed by atoms with Crippen LogP contribution in [0.1, 0.15) is 30.8 Å². The molecule has 74 valence electrons. The van der Waals surface area contributed by atoms with Gasteiger partial charge in [-0.1, -0.05) is 13.0 Å². The van der Waals surface area contributed by atoms with Crippen molar-refractivity contribution < 1.29 is 0 Å². The minimum Gasteiger partial charge on any atom is -0.308 e. The Morgan fingerprint density at radius 1 is 1.57 bits per heavy atom. The Morgan fingerprint density at radius 2 is 2.36 bits per heavy atom. The molecule has 1 atom stereocenters. The molecule has 0 aromatic carbocycles. The van der Waals surface area contributed by atoms with Crippen LogP contribution in [0.25, 0.3) is 0 Å². The van der Waals surface area contributed by atoms with Crippen LogP contribution in [0.15, 0.2) is 18.2 Å². The maximum absolute atomic E-state index is 5.32. The average Bonchev–Trinajstić information content (AvgIpc) is 2.17. The first kappa shape index (κ1) is 10.7. The molecule has 1 N–H and O–H groups in total. The maximum atomic E-state index is 5.32. The molecule has 0 aliphatic carbocycles. The van der Waals surface area contributed by atoms with Gasteiger partial charge in [-0.05, 0) is 25.6 Å². The number of hydrogen-bond donors (Lipinski definition) is 1. The van der Waals surface area contributed by atoms with Gasteiger partial charge >= 0.3 is 0 Å². The number of rotatable bonds is 4. The largest absolute Gasteiger partial charge is 0.308 e. The fourth-order valence-electron chi connectivity index (χ4n) is 1.40. The van der Waals surface area contributed by atoms with E-state index in [1.54, 1.807) is 0 Å². The standard InChI is InChI=1S/C12H16N2/c1-4-7-11(13-5-2)12-9-6-8-10(3)14-12/h1,6,8-9,11,13H,5,7H2,2-3H3. The van der Waals surface area contributed by atoms with Crippen LogP contribution in [0.4, 0.5) is 0 Å². The van der Waals surface area contributed by atoms with Gasteiger partial charge in [0.1, 0.15) is 0 Å². The molecule has 14 heavy (non-hydrogen) atoms. The second-order valence-electron chi connectivity index (χ2n) is 3.22. The van der Waals surface area contributed by atoms with Crippen LogP contribution in [0.3, 0.4) is 0 Å². The van der Waals surface area contributed by atoms with Crippen LogP contribution in [-0.4, -0.2) is 11.5 Å². The van der Waals surface area contributed by atoms with E-state index in [2.05, 4.69) is 23.1 Å². The van der Waals surface area contributed by atoms with E-state index in [1.165, 1.54) is 0 Å². The molecule has 0 aliphatic rings. The molecular formula is C12H16N2. The second kappa shape index (κ2) is 5.41. The molecule has 1 rings (SSSR count). The minimum atomic E-state index is 0.185. The zero-order valence-electron chi connectivity index (χ0n) is 8.75. The highest BCUT2D eigenvalue weighted by Gasteiger charge is 2.09. The predicted octanol–water partition coefficient (Wildman–Crippen LogP) is 2.06. The van der Waals surface area contributed by atoms with Gasteiger partial charge in [-0.25, -0.2) is 0 Å². The third-order valence-electron chi connectivity index (χ3n) is 2.04. The third kappa shape index (κ3) is 2.86. The molecule has 2 nitrogen and oxygen atoms in total. The molecule has 1 aromatic rings. The molecule has 0 aliphatic heterocycles. The molecule has 0 amide bonds. The number of terminal acetylenes is 1. The van der Waals surface area contributed by atoms with Gasteiger partial charge in [0.25, 0.3) is 0 Å². The molecule has 1 heterocycles. The number of pyridine rings is 1. The van der Waals surface area contributed by atoms with Crippen LogP contribution in [0.5, 0.6) is 0 Å². The molecular weight excluding hydrogens is 172 g/mol. The first-order chi connectivity index (χ1) is 6.77. The average molecular weight is 188 g/mol. The highest BCUT2D eigenvalue weighted by atomic mass is 14.9. The van der Waals surface area contributed by atoms with Crippen LogP contribution >= 0.6 is 0 Å². The summed E-state index contributed by atoms with van der Waals surface area (Å²) in [6.45, 7) is 4.96. The van der Waals surface area contributed by atoms with Crippen molar-refractivity contribution in [2.24, 2.45) is 0 Å². The molecule has 1 unspecified atom stereocenters. The first-order valence-electron chi connectivity index (χ1n) is 4.88. The Hall–Kier alpha value is -1.33. The summed E-state index contributed by atoms with van der Waals surface area (Å²) < 4.78 is 0. The van der Waals surface area contributed by atoms with Crippen molar-refractivity contribution in [3.8, 4) is 12.3 Å². The van der Waals surface area contributed by atoms with Gasteiger partial charge in [-0.15, -0.1) is 12.3 Å². The third-order valence-corrected chi connectivity index (χ3v) is 2.04. The predicted molar refractivity (Wildman–Crippen MR) is 58.8 cm³/mol.